The molecule has 162 valence electrons. The third-order valence-corrected chi connectivity index (χ3v) is 9.49. The van der Waals surface area contributed by atoms with Crippen molar-refractivity contribution >= 4 is 29.2 Å². The number of hydrogen-bond acceptors (Lipinski definition) is 4. The number of hydrogen-bond donors (Lipinski definition) is 1. The maximum Gasteiger partial charge on any atom is 0.268 e. The van der Waals surface area contributed by atoms with E-state index >= 15 is 0 Å². The highest BCUT2D eigenvalue weighted by molar-refractivity contribution is 7.90. The first kappa shape index (κ1) is 22.7. The molecule has 0 aliphatic heterocycles. The van der Waals surface area contributed by atoms with E-state index in [0.717, 1.165) is 24.3 Å². The summed E-state index contributed by atoms with van der Waals surface area (Å²) in [5.74, 6) is 0. The van der Waals surface area contributed by atoms with Crippen molar-refractivity contribution < 1.29 is 18.0 Å². The number of aliphatic hydroxyl groups is 1. The maximum absolute atomic E-state index is 13.6. The van der Waals surface area contributed by atoms with Crippen molar-refractivity contribution in [1.82, 2.24) is 3.97 Å². The van der Waals surface area contributed by atoms with Crippen LogP contribution >= 0.6 is 0 Å². The summed E-state index contributed by atoms with van der Waals surface area (Å²) < 4.78 is 35.1. The summed E-state index contributed by atoms with van der Waals surface area (Å²) >= 11 is 0. The largest absolute Gasteiger partial charge is 0.406 e. The second kappa shape index (κ2) is 9.06. The van der Waals surface area contributed by atoms with E-state index in [0.29, 0.717) is 11.2 Å². The Morgan fingerprint density at radius 1 is 1.07 bits per heavy atom. The van der Waals surface area contributed by atoms with Gasteiger partial charge in [0, 0.05) is 5.39 Å². The lowest BCUT2D eigenvalue weighted by atomic mass is 10.1. The normalized spacial score (nSPS) is 14.7. The molecule has 1 aromatic heterocycles. The van der Waals surface area contributed by atoms with Crippen molar-refractivity contribution in [3.63, 3.8) is 0 Å². The fraction of sp³-hybridized carbons (Fsp3) is 0.391. The average molecular weight is 446 g/mol. The van der Waals surface area contributed by atoms with Gasteiger partial charge in [-0.25, -0.2) is 12.4 Å². The molecule has 5 nitrogen and oxygen atoms in total. The number of para-hydroxylation sites is 1. The molecule has 0 spiro atoms. The third kappa shape index (κ3) is 4.69. The van der Waals surface area contributed by atoms with Crippen molar-refractivity contribution in [2.45, 2.75) is 62.9 Å². The van der Waals surface area contributed by atoms with E-state index in [1.54, 1.807) is 43.3 Å². The smallest absolute Gasteiger partial charge is 0.268 e. The molecule has 0 radical (unpaired) electrons. The van der Waals surface area contributed by atoms with E-state index < -0.39 is 30.5 Å². The molecular weight excluding hydrogens is 414 g/mol. The molecule has 0 aliphatic rings. The third-order valence-electron chi connectivity index (χ3n) is 5.28. The number of benzene rings is 2. The Bertz CT molecular complexity index is 1090. The molecular formula is C23H31NO4SSi. The van der Waals surface area contributed by atoms with Crippen LogP contribution in [0.15, 0.2) is 65.6 Å². The molecule has 0 aliphatic carbocycles. The van der Waals surface area contributed by atoms with Gasteiger partial charge in [0.15, 0.2) is 8.32 Å². The standard InChI is InChI=1S/C23H31NO4SSi/c1-5-6-16-30(3,4)28-23(18(2)25)22-17-19-12-10-11-15-21(19)24(22)29(26,27)20-13-8-7-9-14-20/h7-15,17-18,23,25H,5-6,16H2,1-4H3. The zero-order chi connectivity index (χ0) is 21.9. The van der Waals surface area contributed by atoms with Crippen LogP contribution in [0.25, 0.3) is 10.9 Å². The minimum atomic E-state index is -3.86. The van der Waals surface area contributed by atoms with Gasteiger partial charge in [-0.2, -0.15) is 0 Å². The SMILES string of the molecule is CCCC[Si](C)(C)OC(c1cc2ccccc2n1S(=O)(=O)c1ccccc1)C(C)O. The molecule has 0 fully saturated rings. The van der Waals surface area contributed by atoms with Gasteiger partial charge in [0.05, 0.1) is 22.2 Å². The van der Waals surface area contributed by atoms with Crippen molar-refractivity contribution in [1.29, 1.82) is 0 Å². The van der Waals surface area contributed by atoms with Crippen LogP contribution in [0.4, 0.5) is 0 Å². The molecule has 30 heavy (non-hydrogen) atoms. The lowest BCUT2D eigenvalue weighted by molar-refractivity contribution is 0.0389. The highest BCUT2D eigenvalue weighted by atomic mass is 32.2. The van der Waals surface area contributed by atoms with E-state index in [2.05, 4.69) is 20.0 Å². The Morgan fingerprint density at radius 2 is 1.70 bits per heavy atom. The van der Waals surface area contributed by atoms with E-state index in [1.807, 2.05) is 24.3 Å². The molecule has 0 saturated heterocycles. The first-order valence-corrected chi connectivity index (χ1v) is 15.0. The van der Waals surface area contributed by atoms with Gasteiger partial charge >= 0.3 is 0 Å². The first-order chi connectivity index (χ1) is 14.2. The number of aliphatic hydroxyl groups excluding tert-OH is 1. The highest BCUT2D eigenvalue weighted by Gasteiger charge is 2.34. The van der Waals surface area contributed by atoms with Crippen LogP contribution in [0.1, 0.15) is 38.5 Å². The number of unbranched alkanes of at least 4 members (excludes halogenated alkanes) is 1. The molecule has 2 aromatic carbocycles. The van der Waals surface area contributed by atoms with Crippen molar-refractivity contribution in [2.24, 2.45) is 0 Å². The molecule has 1 N–H and O–H groups in total. The number of nitrogens with zero attached hydrogens (tertiary/aromatic N) is 1. The lowest BCUT2D eigenvalue weighted by Gasteiger charge is -2.32. The number of fused-ring (bicyclic) bond motifs is 1. The summed E-state index contributed by atoms with van der Waals surface area (Å²) in [7, 11) is -5.97. The Hall–Kier alpha value is -1.93. The lowest BCUT2D eigenvalue weighted by Crippen LogP contribution is -2.36. The van der Waals surface area contributed by atoms with Crippen molar-refractivity contribution in [3.05, 3.63) is 66.4 Å². The van der Waals surface area contributed by atoms with Gasteiger partial charge in [0.1, 0.15) is 6.10 Å². The Labute approximate surface area is 180 Å². The minimum absolute atomic E-state index is 0.208. The van der Waals surface area contributed by atoms with Crippen LogP contribution in [0, 0.1) is 0 Å². The summed E-state index contributed by atoms with van der Waals surface area (Å²) in [5, 5.41) is 11.4. The minimum Gasteiger partial charge on any atom is -0.406 e. The quantitative estimate of drug-likeness (QED) is 0.453. The van der Waals surface area contributed by atoms with Crippen LogP contribution in [0.2, 0.25) is 19.1 Å². The summed E-state index contributed by atoms with van der Waals surface area (Å²) in [6, 6.07) is 18.5. The van der Waals surface area contributed by atoms with Gasteiger partial charge in [-0.3, -0.25) is 0 Å². The zero-order valence-electron chi connectivity index (χ0n) is 18.1. The average Bonchev–Trinajstić information content (AvgIpc) is 3.11. The number of rotatable bonds is 9. The van der Waals surface area contributed by atoms with Crippen LogP contribution in [0.3, 0.4) is 0 Å². The predicted octanol–water partition coefficient (Wildman–Crippen LogP) is 5.32. The molecule has 0 bridgehead atoms. The fourth-order valence-electron chi connectivity index (χ4n) is 3.73. The van der Waals surface area contributed by atoms with Crippen LogP contribution < -0.4 is 0 Å². The van der Waals surface area contributed by atoms with Crippen LogP contribution in [0.5, 0.6) is 0 Å². The second-order valence-electron chi connectivity index (χ2n) is 8.35. The zero-order valence-corrected chi connectivity index (χ0v) is 19.9. The monoisotopic (exact) mass is 445 g/mol. The van der Waals surface area contributed by atoms with Gasteiger partial charge in [-0.05, 0) is 50.3 Å². The van der Waals surface area contributed by atoms with Gasteiger partial charge in [0.2, 0.25) is 0 Å². The van der Waals surface area contributed by atoms with Crippen LogP contribution in [-0.2, 0) is 14.4 Å². The van der Waals surface area contributed by atoms with E-state index in [9.17, 15) is 13.5 Å². The molecule has 1 heterocycles. The van der Waals surface area contributed by atoms with Gasteiger partial charge < -0.3 is 9.53 Å². The summed E-state index contributed by atoms with van der Waals surface area (Å²) in [6.07, 6.45) is 0.542. The Kier molecular flexibility index (Phi) is 6.87. The Morgan fingerprint density at radius 3 is 2.33 bits per heavy atom. The Balaban J connectivity index is 2.19. The highest BCUT2D eigenvalue weighted by Crippen LogP contribution is 2.35. The second-order valence-corrected chi connectivity index (χ2v) is 14.4. The van der Waals surface area contributed by atoms with Crippen molar-refractivity contribution in [2.75, 3.05) is 0 Å². The van der Waals surface area contributed by atoms with Crippen LogP contribution in [-0.4, -0.2) is 31.9 Å². The van der Waals surface area contributed by atoms with Gasteiger partial charge in [-0.1, -0.05) is 56.2 Å². The predicted molar refractivity (Wildman–Crippen MR) is 124 cm³/mol. The first-order valence-electron chi connectivity index (χ1n) is 10.4. The molecule has 2 unspecified atom stereocenters. The molecule has 2 atom stereocenters. The molecule has 7 heteroatoms. The maximum atomic E-state index is 13.6. The van der Waals surface area contributed by atoms with E-state index in [4.69, 9.17) is 4.43 Å². The number of aromatic nitrogens is 1. The molecule has 0 amide bonds. The van der Waals surface area contributed by atoms with Crippen molar-refractivity contribution in [3.8, 4) is 0 Å². The van der Waals surface area contributed by atoms with Gasteiger partial charge in [-0.15, -0.1) is 0 Å². The molecule has 0 saturated carbocycles. The fourth-order valence-corrected chi connectivity index (χ4v) is 7.63. The van der Waals surface area contributed by atoms with E-state index in [-0.39, 0.29) is 4.90 Å². The summed E-state index contributed by atoms with van der Waals surface area (Å²) in [4.78, 5) is 0.208. The van der Waals surface area contributed by atoms with E-state index in [1.165, 1.54) is 3.97 Å². The molecule has 3 aromatic rings. The topological polar surface area (TPSA) is 68.5 Å². The summed E-state index contributed by atoms with van der Waals surface area (Å²) in [5.41, 5.74) is 1.05. The summed E-state index contributed by atoms with van der Waals surface area (Å²) in [6.45, 7) is 8.04. The molecule has 3 rings (SSSR count). The van der Waals surface area contributed by atoms with Gasteiger partial charge in [0.25, 0.3) is 10.0 Å².